The van der Waals surface area contributed by atoms with Gasteiger partial charge in [0.1, 0.15) is 4.90 Å². The van der Waals surface area contributed by atoms with Crippen LogP contribution in [0.2, 0.25) is 0 Å². The van der Waals surface area contributed by atoms with Crippen LogP contribution in [-0.4, -0.2) is 32.6 Å². The normalized spacial score (nSPS) is 11.2. The van der Waals surface area contributed by atoms with Gasteiger partial charge >= 0.3 is 10.1 Å². The van der Waals surface area contributed by atoms with Crippen molar-refractivity contribution < 1.29 is 27.1 Å². The van der Waals surface area contributed by atoms with Crippen molar-refractivity contribution in [2.45, 2.75) is 11.8 Å². The molecule has 0 saturated carbocycles. The summed E-state index contributed by atoms with van der Waals surface area (Å²) in [5, 5.41) is 15.0. The summed E-state index contributed by atoms with van der Waals surface area (Å²) in [5.41, 5.74) is 3.31. The van der Waals surface area contributed by atoms with Crippen molar-refractivity contribution in [1.82, 2.24) is 5.43 Å². The van der Waals surface area contributed by atoms with Gasteiger partial charge in [0.2, 0.25) is 0 Å². The van der Waals surface area contributed by atoms with Crippen LogP contribution in [0, 0.1) is 17.0 Å². The molecule has 0 atom stereocenters. The smallest absolute Gasteiger partial charge is 0.339 e. The van der Waals surface area contributed by atoms with Crippen LogP contribution in [-0.2, 0) is 10.1 Å². The third-order valence-corrected chi connectivity index (χ3v) is 5.70. The van der Waals surface area contributed by atoms with Crippen molar-refractivity contribution in [3.05, 3.63) is 93.5 Å². The number of amides is 1. The van der Waals surface area contributed by atoms with Crippen LogP contribution in [0.15, 0.2) is 76.7 Å². The van der Waals surface area contributed by atoms with Crippen molar-refractivity contribution in [2.24, 2.45) is 5.10 Å². The molecule has 0 bridgehead atoms. The molecule has 0 spiro atoms. The molecular weight excluding hydrogens is 450 g/mol. The van der Waals surface area contributed by atoms with Crippen molar-refractivity contribution in [3.8, 4) is 11.5 Å². The lowest BCUT2D eigenvalue weighted by molar-refractivity contribution is -0.385. The standard InChI is InChI=1S/C22H19N3O7S/c1-15-8-10-18(13-19(15)25(27)28)33(29,30)32-20-11-9-16(12-21(20)31-2)14-23-24-22(26)17-6-4-3-5-7-17/h3-14H,1-2H3,(H,24,26)/b23-14-. The lowest BCUT2D eigenvalue weighted by atomic mass is 10.2. The number of hydrogen-bond acceptors (Lipinski definition) is 8. The van der Waals surface area contributed by atoms with E-state index in [9.17, 15) is 23.3 Å². The van der Waals surface area contributed by atoms with Gasteiger partial charge < -0.3 is 8.92 Å². The van der Waals surface area contributed by atoms with Crippen LogP contribution in [0.5, 0.6) is 11.5 Å². The maximum absolute atomic E-state index is 12.6. The van der Waals surface area contributed by atoms with E-state index in [4.69, 9.17) is 8.92 Å². The van der Waals surface area contributed by atoms with E-state index < -0.39 is 20.9 Å². The van der Waals surface area contributed by atoms with E-state index in [1.807, 2.05) is 0 Å². The predicted octanol–water partition coefficient (Wildman–Crippen LogP) is 3.44. The summed E-state index contributed by atoms with van der Waals surface area (Å²) in [4.78, 5) is 22.1. The zero-order chi connectivity index (χ0) is 24.0. The Hall–Kier alpha value is -4.25. The third-order valence-electron chi connectivity index (χ3n) is 4.47. The van der Waals surface area contributed by atoms with Gasteiger partial charge in [-0.1, -0.05) is 24.3 Å². The number of nitrogens with zero attached hydrogens (tertiary/aromatic N) is 2. The van der Waals surface area contributed by atoms with Gasteiger partial charge in [-0.05, 0) is 48.9 Å². The van der Waals surface area contributed by atoms with Crippen molar-refractivity contribution >= 4 is 27.9 Å². The van der Waals surface area contributed by atoms with Crippen LogP contribution in [0.4, 0.5) is 5.69 Å². The monoisotopic (exact) mass is 469 g/mol. The van der Waals surface area contributed by atoms with E-state index in [1.165, 1.54) is 50.6 Å². The van der Waals surface area contributed by atoms with Crippen LogP contribution < -0.4 is 14.3 Å². The van der Waals surface area contributed by atoms with Crippen molar-refractivity contribution in [2.75, 3.05) is 7.11 Å². The molecule has 0 saturated heterocycles. The molecule has 3 aromatic carbocycles. The fraction of sp³-hybridized carbons (Fsp3) is 0.0909. The summed E-state index contributed by atoms with van der Waals surface area (Å²) in [5.74, 6) is -0.429. The summed E-state index contributed by atoms with van der Waals surface area (Å²) in [6.45, 7) is 1.50. The van der Waals surface area contributed by atoms with E-state index in [0.717, 1.165) is 6.07 Å². The second-order valence-corrected chi connectivity index (χ2v) is 8.26. The highest BCUT2D eigenvalue weighted by Gasteiger charge is 2.23. The molecule has 0 radical (unpaired) electrons. The maximum atomic E-state index is 12.6. The first-order chi connectivity index (χ1) is 15.7. The Morgan fingerprint density at radius 1 is 1.06 bits per heavy atom. The predicted molar refractivity (Wildman–Crippen MR) is 120 cm³/mol. The van der Waals surface area contributed by atoms with Crippen LogP contribution in [0.1, 0.15) is 21.5 Å². The van der Waals surface area contributed by atoms with Crippen LogP contribution in [0.3, 0.4) is 0 Å². The number of hydrazone groups is 1. The summed E-state index contributed by atoms with van der Waals surface area (Å²) < 4.78 is 35.6. The van der Waals surface area contributed by atoms with Gasteiger partial charge in [-0.15, -0.1) is 0 Å². The van der Waals surface area contributed by atoms with Crippen molar-refractivity contribution in [3.63, 3.8) is 0 Å². The molecule has 0 unspecified atom stereocenters. The molecule has 0 aromatic heterocycles. The lowest BCUT2D eigenvalue weighted by Crippen LogP contribution is -2.17. The Morgan fingerprint density at radius 3 is 2.45 bits per heavy atom. The number of nitrogens with one attached hydrogen (secondary N) is 1. The highest BCUT2D eigenvalue weighted by atomic mass is 32.2. The average molecular weight is 469 g/mol. The molecule has 33 heavy (non-hydrogen) atoms. The quantitative estimate of drug-likeness (QED) is 0.231. The number of hydrogen-bond donors (Lipinski definition) is 1. The van der Waals surface area contributed by atoms with E-state index in [1.54, 1.807) is 30.3 Å². The SMILES string of the molecule is COc1cc(/C=N\NC(=O)c2ccccc2)ccc1OS(=O)(=O)c1ccc(C)c([N+](=O)[O-])c1. The molecule has 0 aliphatic heterocycles. The highest BCUT2D eigenvalue weighted by molar-refractivity contribution is 7.87. The minimum absolute atomic E-state index is 0.0820. The summed E-state index contributed by atoms with van der Waals surface area (Å²) in [6, 6.07) is 16.3. The molecule has 0 aliphatic rings. The number of carbonyl (C=O) groups excluding carboxylic acids is 1. The second-order valence-electron chi connectivity index (χ2n) is 6.72. The molecular formula is C22H19N3O7S. The van der Waals surface area contributed by atoms with Gasteiger partial charge in [0.15, 0.2) is 11.5 Å². The summed E-state index contributed by atoms with van der Waals surface area (Å²) >= 11 is 0. The first-order valence-corrected chi connectivity index (χ1v) is 10.9. The van der Waals surface area contributed by atoms with Gasteiger partial charge in [0.05, 0.1) is 18.2 Å². The number of benzene rings is 3. The fourth-order valence-corrected chi connectivity index (χ4v) is 3.72. The molecule has 3 rings (SSSR count). The number of carbonyl (C=O) groups is 1. The summed E-state index contributed by atoms with van der Waals surface area (Å²) in [6.07, 6.45) is 1.35. The second kappa shape index (κ2) is 9.92. The van der Waals surface area contributed by atoms with E-state index in [-0.39, 0.29) is 22.1 Å². The Kier molecular flexibility index (Phi) is 7.04. The minimum Gasteiger partial charge on any atom is -0.493 e. The molecule has 3 aromatic rings. The number of aryl methyl sites for hydroxylation is 1. The zero-order valence-electron chi connectivity index (χ0n) is 17.6. The summed E-state index contributed by atoms with van der Waals surface area (Å²) in [7, 11) is -3.04. The van der Waals surface area contributed by atoms with Gasteiger partial charge in [0, 0.05) is 17.2 Å². The highest BCUT2D eigenvalue weighted by Crippen LogP contribution is 2.31. The zero-order valence-corrected chi connectivity index (χ0v) is 18.4. The topological polar surface area (TPSA) is 137 Å². The van der Waals surface area contributed by atoms with Gasteiger partial charge in [0.25, 0.3) is 11.6 Å². The Morgan fingerprint density at radius 2 is 1.79 bits per heavy atom. The maximum Gasteiger partial charge on any atom is 0.339 e. The molecule has 0 fully saturated rings. The minimum atomic E-state index is -4.37. The molecule has 10 nitrogen and oxygen atoms in total. The molecule has 1 N–H and O–H groups in total. The molecule has 11 heteroatoms. The number of rotatable bonds is 8. The number of nitro benzene ring substituents is 1. The molecule has 170 valence electrons. The van der Waals surface area contributed by atoms with Crippen molar-refractivity contribution in [1.29, 1.82) is 0 Å². The molecule has 0 aliphatic carbocycles. The Labute approximate surface area is 189 Å². The number of nitro groups is 1. The largest absolute Gasteiger partial charge is 0.493 e. The number of ether oxygens (including phenoxy) is 1. The van der Waals surface area contributed by atoms with Gasteiger partial charge in [-0.3, -0.25) is 14.9 Å². The van der Waals surface area contributed by atoms with Gasteiger partial charge in [-0.25, -0.2) is 5.43 Å². The lowest BCUT2D eigenvalue weighted by Gasteiger charge is -2.11. The van der Waals surface area contributed by atoms with E-state index >= 15 is 0 Å². The van der Waals surface area contributed by atoms with E-state index in [0.29, 0.717) is 16.7 Å². The average Bonchev–Trinajstić information content (AvgIpc) is 2.80. The van der Waals surface area contributed by atoms with E-state index in [2.05, 4.69) is 10.5 Å². The Balaban J connectivity index is 1.78. The fourth-order valence-electron chi connectivity index (χ4n) is 2.76. The van der Waals surface area contributed by atoms with Gasteiger partial charge in [-0.2, -0.15) is 13.5 Å². The molecule has 0 heterocycles. The third kappa shape index (κ3) is 5.71. The first kappa shape index (κ1) is 23.4. The Bertz CT molecular complexity index is 1320. The van der Waals surface area contributed by atoms with Crippen LogP contribution >= 0.6 is 0 Å². The van der Waals surface area contributed by atoms with Crippen LogP contribution in [0.25, 0.3) is 0 Å². The molecule has 1 amide bonds. The first-order valence-electron chi connectivity index (χ1n) is 9.47. The number of methoxy groups -OCH3 is 1.